The molecule has 0 atom stereocenters. The maximum atomic E-state index is 12.2. The molecule has 0 radical (unpaired) electrons. The number of esters is 1. The summed E-state index contributed by atoms with van der Waals surface area (Å²) in [5.74, 6) is 0.329. The average Bonchev–Trinajstić information content (AvgIpc) is 2.70. The van der Waals surface area contributed by atoms with Gasteiger partial charge in [-0.25, -0.2) is 0 Å². The summed E-state index contributed by atoms with van der Waals surface area (Å²) < 4.78 is 5.54. The Morgan fingerprint density at radius 1 is 0.667 bits per heavy atom. The van der Waals surface area contributed by atoms with Gasteiger partial charge in [0.25, 0.3) is 0 Å². The summed E-state index contributed by atoms with van der Waals surface area (Å²) in [7, 11) is 0. The molecule has 0 fully saturated rings. The lowest BCUT2D eigenvalue weighted by Crippen LogP contribution is -2.25. The zero-order chi connectivity index (χ0) is 21.9. The molecule has 0 N–H and O–H groups in total. The van der Waals surface area contributed by atoms with E-state index in [1.54, 1.807) is 0 Å². The molecule has 0 saturated carbocycles. The van der Waals surface area contributed by atoms with E-state index in [-0.39, 0.29) is 5.97 Å². The Balaban J connectivity index is 2.04. The van der Waals surface area contributed by atoms with Crippen molar-refractivity contribution in [1.29, 1.82) is 0 Å². The topological polar surface area (TPSA) is 26.3 Å². The molecule has 3 rings (SSSR count). The number of carbonyl (C=O) groups excluding carboxylic acids is 1. The zero-order valence-corrected chi connectivity index (χ0v) is 18.7. The van der Waals surface area contributed by atoms with Crippen molar-refractivity contribution >= 4 is 17.1 Å². The fourth-order valence-corrected chi connectivity index (χ4v) is 3.22. The molecule has 2 heteroatoms. The highest BCUT2D eigenvalue weighted by molar-refractivity contribution is 5.98. The molecule has 30 heavy (non-hydrogen) atoms. The maximum absolute atomic E-state index is 12.2. The highest BCUT2D eigenvalue weighted by atomic mass is 16.5. The van der Waals surface area contributed by atoms with E-state index in [1.807, 2.05) is 45.0 Å². The number of hydrogen-bond acceptors (Lipinski definition) is 2. The third-order valence-corrected chi connectivity index (χ3v) is 5.17. The van der Waals surface area contributed by atoms with Gasteiger partial charge in [0.2, 0.25) is 0 Å². The van der Waals surface area contributed by atoms with Gasteiger partial charge in [0.1, 0.15) is 5.75 Å². The number of ether oxygens (including phenoxy) is 1. The van der Waals surface area contributed by atoms with Crippen molar-refractivity contribution in [1.82, 2.24) is 0 Å². The highest BCUT2D eigenvalue weighted by Gasteiger charge is 2.23. The normalized spacial score (nSPS) is 12.3. The van der Waals surface area contributed by atoms with E-state index in [4.69, 9.17) is 4.74 Å². The molecule has 0 spiro atoms. The van der Waals surface area contributed by atoms with Gasteiger partial charge < -0.3 is 4.74 Å². The molecule has 154 valence electrons. The van der Waals surface area contributed by atoms with Crippen LogP contribution in [0.4, 0.5) is 0 Å². The number of allylic oxidation sites excluding steroid dienone is 1. The van der Waals surface area contributed by atoms with Gasteiger partial charge in [0, 0.05) is 0 Å². The third-order valence-electron chi connectivity index (χ3n) is 5.17. The van der Waals surface area contributed by atoms with Crippen LogP contribution < -0.4 is 4.74 Å². The second-order valence-corrected chi connectivity index (χ2v) is 8.90. The molecule has 3 aromatic rings. The van der Waals surface area contributed by atoms with E-state index in [0.717, 1.165) is 11.1 Å². The van der Waals surface area contributed by atoms with Crippen molar-refractivity contribution < 1.29 is 9.53 Å². The lowest BCUT2D eigenvalue weighted by Gasteiger charge is -2.17. The summed E-state index contributed by atoms with van der Waals surface area (Å²) in [6.07, 6.45) is 0. The Kier molecular flexibility index (Phi) is 6.26. The first-order chi connectivity index (χ1) is 14.1. The molecular formula is C28H30O2. The van der Waals surface area contributed by atoms with Crippen LogP contribution in [0, 0.1) is 19.3 Å². The Bertz CT molecular complexity index is 1050. The molecule has 0 aliphatic heterocycles. The Labute approximate surface area is 180 Å². The number of carbonyl (C=O) groups is 1. The first kappa shape index (κ1) is 21.6. The average molecular weight is 399 g/mol. The van der Waals surface area contributed by atoms with Gasteiger partial charge in [-0.3, -0.25) is 4.79 Å². The number of hydrogen-bond donors (Lipinski definition) is 0. The van der Waals surface area contributed by atoms with Crippen LogP contribution in [0.3, 0.4) is 0 Å². The van der Waals surface area contributed by atoms with Gasteiger partial charge >= 0.3 is 5.97 Å². The lowest BCUT2D eigenvalue weighted by atomic mass is 9.90. The largest absolute Gasteiger partial charge is 0.426 e. The van der Waals surface area contributed by atoms with E-state index >= 15 is 0 Å². The van der Waals surface area contributed by atoms with Crippen molar-refractivity contribution in [2.45, 2.75) is 41.5 Å². The number of rotatable bonds is 4. The van der Waals surface area contributed by atoms with Crippen molar-refractivity contribution in [3.05, 3.63) is 101 Å². The summed E-state index contributed by atoms with van der Waals surface area (Å²) >= 11 is 0. The first-order valence-corrected chi connectivity index (χ1v) is 10.3. The molecule has 0 aliphatic rings. The van der Waals surface area contributed by atoms with E-state index < -0.39 is 5.41 Å². The van der Waals surface area contributed by atoms with Crippen LogP contribution in [0.15, 0.2) is 72.8 Å². The third kappa shape index (κ3) is 5.07. The van der Waals surface area contributed by atoms with Crippen LogP contribution in [-0.4, -0.2) is 5.97 Å². The van der Waals surface area contributed by atoms with Crippen LogP contribution in [0.2, 0.25) is 0 Å². The number of aryl methyl sites for hydroxylation is 2. The predicted octanol–water partition coefficient (Wildman–Crippen LogP) is 7.23. The molecular weight excluding hydrogens is 368 g/mol. The molecule has 3 aromatic carbocycles. The second-order valence-electron chi connectivity index (χ2n) is 8.90. The summed E-state index contributed by atoms with van der Waals surface area (Å²) in [6.45, 7) is 11.9. The monoisotopic (exact) mass is 398 g/mol. The van der Waals surface area contributed by atoms with Gasteiger partial charge in [0.05, 0.1) is 5.41 Å². The molecule has 0 aliphatic carbocycles. The van der Waals surface area contributed by atoms with Gasteiger partial charge in [-0.05, 0) is 81.5 Å². The van der Waals surface area contributed by atoms with Gasteiger partial charge in [-0.15, -0.1) is 0 Å². The minimum absolute atomic E-state index is 0.236. The Morgan fingerprint density at radius 2 is 1.07 bits per heavy atom. The summed E-state index contributed by atoms with van der Waals surface area (Å²) in [6, 6.07) is 25.0. The van der Waals surface area contributed by atoms with E-state index in [2.05, 4.69) is 69.3 Å². The maximum Gasteiger partial charge on any atom is 0.316 e. The molecule has 0 aromatic heterocycles. The standard InChI is InChI=1S/C28H30O2/c1-19-7-11-22(12-8-19)21(3)26(23-13-9-20(2)10-14-23)24-15-17-25(18-16-24)30-27(29)28(4,5)6/h7-18H,1-6H3/b26-21+. The second kappa shape index (κ2) is 8.71. The van der Waals surface area contributed by atoms with Gasteiger partial charge in [-0.1, -0.05) is 71.8 Å². The molecule has 2 nitrogen and oxygen atoms in total. The van der Waals surface area contributed by atoms with E-state index in [9.17, 15) is 4.79 Å². The first-order valence-electron chi connectivity index (χ1n) is 10.3. The van der Waals surface area contributed by atoms with Crippen molar-refractivity contribution in [3.8, 4) is 5.75 Å². The molecule has 0 bridgehead atoms. The highest BCUT2D eigenvalue weighted by Crippen LogP contribution is 2.33. The summed E-state index contributed by atoms with van der Waals surface area (Å²) in [5.41, 5.74) is 7.77. The molecule has 0 amide bonds. The number of benzene rings is 3. The Morgan fingerprint density at radius 3 is 1.50 bits per heavy atom. The van der Waals surface area contributed by atoms with E-state index in [1.165, 1.54) is 27.8 Å². The molecule has 0 unspecified atom stereocenters. The van der Waals surface area contributed by atoms with Crippen molar-refractivity contribution in [2.24, 2.45) is 5.41 Å². The van der Waals surface area contributed by atoms with Crippen LogP contribution in [0.25, 0.3) is 11.1 Å². The summed E-state index contributed by atoms with van der Waals surface area (Å²) in [5, 5.41) is 0. The predicted molar refractivity (Wildman–Crippen MR) is 125 cm³/mol. The zero-order valence-electron chi connectivity index (χ0n) is 18.7. The smallest absolute Gasteiger partial charge is 0.316 e. The fraction of sp³-hybridized carbons (Fsp3) is 0.250. The van der Waals surface area contributed by atoms with Crippen LogP contribution >= 0.6 is 0 Å². The SMILES string of the molecule is C/C(=C(/c1ccc(C)cc1)c1ccc(OC(=O)C(C)(C)C)cc1)c1ccc(C)cc1. The quantitative estimate of drug-likeness (QED) is 0.263. The fourth-order valence-electron chi connectivity index (χ4n) is 3.22. The van der Waals surface area contributed by atoms with Gasteiger partial charge in [-0.2, -0.15) is 0 Å². The van der Waals surface area contributed by atoms with Crippen LogP contribution in [0.1, 0.15) is 55.5 Å². The minimum Gasteiger partial charge on any atom is -0.426 e. The molecule has 0 heterocycles. The molecule has 0 saturated heterocycles. The van der Waals surface area contributed by atoms with Crippen molar-refractivity contribution in [2.75, 3.05) is 0 Å². The lowest BCUT2D eigenvalue weighted by molar-refractivity contribution is -0.142. The minimum atomic E-state index is -0.534. The van der Waals surface area contributed by atoms with Gasteiger partial charge in [0.15, 0.2) is 0 Å². The van der Waals surface area contributed by atoms with Crippen molar-refractivity contribution in [3.63, 3.8) is 0 Å². The van der Waals surface area contributed by atoms with E-state index in [0.29, 0.717) is 5.75 Å². The summed E-state index contributed by atoms with van der Waals surface area (Å²) in [4.78, 5) is 12.2. The van der Waals surface area contributed by atoms with Crippen LogP contribution in [0.5, 0.6) is 5.75 Å². The van der Waals surface area contributed by atoms with Crippen LogP contribution in [-0.2, 0) is 4.79 Å². The Hall–Kier alpha value is -3.13.